The second-order valence-corrected chi connectivity index (χ2v) is 4.69. The topological polar surface area (TPSA) is 40.5 Å². The van der Waals surface area contributed by atoms with Gasteiger partial charge < -0.3 is 10.0 Å². The molecule has 1 rings (SSSR count). The van der Waals surface area contributed by atoms with E-state index in [1.54, 1.807) is 0 Å². The highest BCUT2D eigenvalue weighted by atomic mass is 35.5. The molecule has 3 nitrogen and oxygen atoms in total. The van der Waals surface area contributed by atoms with E-state index in [9.17, 15) is 18.0 Å². The summed E-state index contributed by atoms with van der Waals surface area (Å²) in [7, 11) is 1.50. The van der Waals surface area contributed by atoms with Crippen molar-refractivity contribution in [2.24, 2.45) is 5.92 Å². The molecule has 1 unspecified atom stereocenters. The van der Waals surface area contributed by atoms with Gasteiger partial charge in [-0.3, -0.25) is 4.79 Å². The Labute approximate surface area is 113 Å². The Morgan fingerprint density at radius 1 is 1.47 bits per heavy atom. The molecule has 0 aliphatic rings. The molecule has 1 atom stereocenters. The van der Waals surface area contributed by atoms with Crippen LogP contribution in [-0.4, -0.2) is 24.7 Å². The summed E-state index contributed by atoms with van der Waals surface area (Å²) >= 11 is 5.85. The van der Waals surface area contributed by atoms with Crippen LogP contribution in [0.4, 0.5) is 18.9 Å². The molecule has 0 saturated heterocycles. The molecule has 106 valence electrons. The highest BCUT2D eigenvalue weighted by Crippen LogP contribution is 2.35. The van der Waals surface area contributed by atoms with Crippen molar-refractivity contribution in [3.05, 3.63) is 28.8 Å². The molecular formula is C12H13ClF3NO2. The Bertz CT molecular complexity index is 477. The lowest BCUT2D eigenvalue weighted by Gasteiger charge is -2.23. The van der Waals surface area contributed by atoms with Gasteiger partial charge in [0, 0.05) is 13.6 Å². The van der Waals surface area contributed by atoms with Crippen LogP contribution >= 0.6 is 11.6 Å². The van der Waals surface area contributed by atoms with E-state index in [2.05, 4.69) is 0 Å². The number of carbonyl (C=O) groups is 1. The number of carboxylic acids is 1. The highest BCUT2D eigenvalue weighted by Gasteiger charge is 2.31. The van der Waals surface area contributed by atoms with Gasteiger partial charge in [-0.1, -0.05) is 18.5 Å². The van der Waals surface area contributed by atoms with Gasteiger partial charge in [0.2, 0.25) is 0 Å². The van der Waals surface area contributed by atoms with Crippen LogP contribution in [0.25, 0.3) is 0 Å². The summed E-state index contributed by atoms with van der Waals surface area (Å²) in [6, 6.07) is 2.96. The number of hydrogen-bond donors (Lipinski definition) is 1. The molecule has 0 aliphatic heterocycles. The second kappa shape index (κ2) is 5.69. The third kappa shape index (κ3) is 4.02. The maximum absolute atomic E-state index is 12.6. The van der Waals surface area contributed by atoms with Crippen LogP contribution in [-0.2, 0) is 11.0 Å². The van der Waals surface area contributed by atoms with Gasteiger partial charge >= 0.3 is 12.1 Å². The first-order valence-corrected chi connectivity index (χ1v) is 5.81. The van der Waals surface area contributed by atoms with Crippen molar-refractivity contribution in [2.45, 2.75) is 13.1 Å². The van der Waals surface area contributed by atoms with E-state index in [0.29, 0.717) is 0 Å². The summed E-state index contributed by atoms with van der Waals surface area (Å²) < 4.78 is 37.8. The molecule has 19 heavy (non-hydrogen) atoms. The predicted octanol–water partition coefficient (Wildman–Crippen LogP) is 3.52. The fourth-order valence-corrected chi connectivity index (χ4v) is 1.83. The Hall–Kier alpha value is -1.43. The summed E-state index contributed by atoms with van der Waals surface area (Å²) in [5, 5.41) is 8.94. The normalized spacial score (nSPS) is 13.2. The van der Waals surface area contributed by atoms with Crippen LogP contribution < -0.4 is 4.90 Å². The van der Waals surface area contributed by atoms with Gasteiger partial charge in [0.1, 0.15) is 0 Å². The number of aliphatic carboxylic acids is 1. The molecule has 0 spiro atoms. The van der Waals surface area contributed by atoms with E-state index in [1.165, 1.54) is 18.9 Å². The molecule has 0 radical (unpaired) electrons. The summed E-state index contributed by atoms with van der Waals surface area (Å²) in [6.45, 7) is 1.54. The van der Waals surface area contributed by atoms with Crippen molar-refractivity contribution in [2.75, 3.05) is 18.5 Å². The standard InChI is InChI=1S/C12H13ClF3NO2/c1-7(11(18)19)6-17(2)10-5-8(12(14,15)16)3-4-9(10)13/h3-5,7H,6H2,1-2H3,(H,18,19). The summed E-state index contributed by atoms with van der Waals surface area (Å²) in [5.41, 5.74) is -0.661. The number of anilines is 1. The van der Waals surface area contributed by atoms with Crippen LogP contribution in [0.5, 0.6) is 0 Å². The van der Waals surface area contributed by atoms with Crippen molar-refractivity contribution < 1.29 is 23.1 Å². The second-order valence-electron chi connectivity index (χ2n) is 4.28. The molecule has 0 amide bonds. The fourth-order valence-electron chi connectivity index (χ4n) is 1.57. The zero-order valence-corrected chi connectivity index (χ0v) is 11.1. The van der Waals surface area contributed by atoms with Gasteiger partial charge in [-0.25, -0.2) is 0 Å². The first kappa shape index (κ1) is 15.6. The molecule has 7 heteroatoms. The molecule has 0 bridgehead atoms. The average molecular weight is 296 g/mol. The Balaban J connectivity index is 3.02. The zero-order valence-electron chi connectivity index (χ0n) is 10.3. The Morgan fingerprint density at radius 3 is 2.53 bits per heavy atom. The quantitative estimate of drug-likeness (QED) is 0.924. The number of rotatable bonds is 4. The van der Waals surface area contributed by atoms with E-state index >= 15 is 0 Å². The van der Waals surface area contributed by atoms with Crippen molar-refractivity contribution in [1.29, 1.82) is 0 Å². The molecule has 0 heterocycles. The lowest BCUT2D eigenvalue weighted by Crippen LogP contribution is -2.28. The first-order chi connectivity index (χ1) is 8.62. The van der Waals surface area contributed by atoms with Crippen molar-refractivity contribution in [1.82, 2.24) is 0 Å². The minimum Gasteiger partial charge on any atom is -0.481 e. The molecule has 0 saturated carbocycles. The fraction of sp³-hybridized carbons (Fsp3) is 0.417. The molecule has 1 aromatic carbocycles. The van der Waals surface area contributed by atoms with E-state index < -0.39 is 23.6 Å². The van der Waals surface area contributed by atoms with E-state index in [0.717, 1.165) is 18.2 Å². The third-order valence-electron chi connectivity index (χ3n) is 2.65. The van der Waals surface area contributed by atoms with Crippen molar-refractivity contribution in [3.8, 4) is 0 Å². The summed E-state index contributed by atoms with van der Waals surface area (Å²) in [6.07, 6.45) is -4.46. The maximum atomic E-state index is 12.6. The zero-order chi connectivity index (χ0) is 14.8. The number of benzene rings is 1. The minimum atomic E-state index is -4.46. The van der Waals surface area contributed by atoms with Gasteiger partial charge in [0.15, 0.2) is 0 Å². The molecule has 0 aromatic heterocycles. The van der Waals surface area contributed by atoms with Crippen molar-refractivity contribution >= 4 is 23.3 Å². The largest absolute Gasteiger partial charge is 0.481 e. The van der Waals surface area contributed by atoms with Crippen LogP contribution in [0.2, 0.25) is 5.02 Å². The summed E-state index contributed by atoms with van der Waals surface area (Å²) in [5.74, 6) is -1.73. The van der Waals surface area contributed by atoms with Gasteiger partial charge in [0.05, 0.1) is 22.2 Å². The molecule has 1 N–H and O–H groups in total. The third-order valence-corrected chi connectivity index (χ3v) is 2.97. The van der Waals surface area contributed by atoms with E-state index in [-0.39, 0.29) is 17.3 Å². The van der Waals surface area contributed by atoms with Gasteiger partial charge in [0.25, 0.3) is 0 Å². The number of nitrogens with zero attached hydrogens (tertiary/aromatic N) is 1. The van der Waals surface area contributed by atoms with Crippen LogP contribution in [0.15, 0.2) is 18.2 Å². The SMILES string of the molecule is CC(CN(C)c1cc(C(F)(F)F)ccc1Cl)C(=O)O. The van der Waals surface area contributed by atoms with Gasteiger partial charge in [-0.15, -0.1) is 0 Å². The summed E-state index contributed by atoms with van der Waals surface area (Å²) in [4.78, 5) is 12.1. The predicted molar refractivity (Wildman–Crippen MR) is 66.5 cm³/mol. The molecule has 0 aliphatic carbocycles. The minimum absolute atomic E-state index is 0.0658. The Morgan fingerprint density at radius 2 is 2.05 bits per heavy atom. The number of hydrogen-bond acceptors (Lipinski definition) is 2. The highest BCUT2D eigenvalue weighted by molar-refractivity contribution is 6.33. The number of carboxylic acid groups (broad SMARTS) is 1. The van der Waals surface area contributed by atoms with E-state index in [4.69, 9.17) is 16.7 Å². The maximum Gasteiger partial charge on any atom is 0.416 e. The molecular weight excluding hydrogens is 283 g/mol. The smallest absolute Gasteiger partial charge is 0.416 e. The van der Waals surface area contributed by atoms with E-state index in [1.807, 2.05) is 0 Å². The number of halogens is 4. The van der Waals surface area contributed by atoms with Crippen LogP contribution in [0.1, 0.15) is 12.5 Å². The number of alkyl halides is 3. The van der Waals surface area contributed by atoms with Gasteiger partial charge in [-0.2, -0.15) is 13.2 Å². The van der Waals surface area contributed by atoms with Gasteiger partial charge in [-0.05, 0) is 18.2 Å². The van der Waals surface area contributed by atoms with Crippen molar-refractivity contribution in [3.63, 3.8) is 0 Å². The van der Waals surface area contributed by atoms with Crippen LogP contribution in [0, 0.1) is 5.92 Å². The lowest BCUT2D eigenvalue weighted by atomic mass is 10.1. The lowest BCUT2D eigenvalue weighted by molar-refractivity contribution is -0.141. The Kier molecular flexibility index (Phi) is 4.68. The molecule has 0 fully saturated rings. The van der Waals surface area contributed by atoms with Crippen LogP contribution in [0.3, 0.4) is 0 Å². The molecule has 1 aromatic rings. The average Bonchev–Trinajstić information content (AvgIpc) is 2.27. The first-order valence-electron chi connectivity index (χ1n) is 5.43. The monoisotopic (exact) mass is 295 g/mol.